The van der Waals surface area contributed by atoms with Gasteiger partial charge in [0.2, 0.25) is 0 Å². The Labute approximate surface area is 105 Å². The molecule has 1 aromatic rings. The summed E-state index contributed by atoms with van der Waals surface area (Å²) >= 11 is 0. The summed E-state index contributed by atoms with van der Waals surface area (Å²) in [5.74, 6) is 1.10. The van der Waals surface area contributed by atoms with Crippen LogP contribution in [0.4, 0.5) is 0 Å². The van der Waals surface area contributed by atoms with E-state index >= 15 is 0 Å². The Kier molecular flexibility index (Phi) is 5.49. The van der Waals surface area contributed by atoms with Crippen molar-refractivity contribution in [1.29, 1.82) is 0 Å². The number of hydrogen-bond acceptors (Lipinski definition) is 2. The summed E-state index contributed by atoms with van der Waals surface area (Å²) in [6.07, 6.45) is 2.28. The van der Waals surface area contributed by atoms with E-state index < -0.39 is 0 Å². The van der Waals surface area contributed by atoms with Gasteiger partial charge >= 0.3 is 0 Å². The zero-order chi connectivity index (χ0) is 12.8. The zero-order valence-corrected chi connectivity index (χ0v) is 11.5. The number of phenols is 1. The van der Waals surface area contributed by atoms with E-state index in [1.54, 1.807) is 12.1 Å². The van der Waals surface area contributed by atoms with Gasteiger partial charge in [-0.05, 0) is 57.0 Å². The molecule has 0 aromatic heterocycles. The smallest absolute Gasteiger partial charge is 0.115 e. The predicted molar refractivity (Wildman–Crippen MR) is 73.4 cm³/mol. The van der Waals surface area contributed by atoms with Crippen LogP contribution in [0.5, 0.6) is 5.75 Å². The first-order valence-corrected chi connectivity index (χ1v) is 6.47. The van der Waals surface area contributed by atoms with Gasteiger partial charge in [-0.15, -0.1) is 0 Å². The molecule has 0 aliphatic heterocycles. The molecule has 1 rings (SSSR count). The standard InChI is InChI=1S/C15H25NO/c1-12(2)9-10-16(4)13(3)11-14-5-7-15(17)8-6-14/h5-8,12-13,17H,9-11H2,1-4H3. The van der Waals surface area contributed by atoms with E-state index in [0.717, 1.165) is 18.9 Å². The average Bonchev–Trinajstić information content (AvgIpc) is 2.28. The maximum Gasteiger partial charge on any atom is 0.115 e. The van der Waals surface area contributed by atoms with Gasteiger partial charge < -0.3 is 10.0 Å². The van der Waals surface area contributed by atoms with E-state index in [1.807, 2.05) is 12.1 Å². The second-order valence-electron chi connectivity index (χ2n) is 5.38. The molecular formula is C15H25NO. The highest BCUT2D eigenvalue weighted by Crippen LogP contribution is 2.13. The lowest BCUT2D eigenvalue weighted by atomic mass is 10.0. The normalized spacial score (nSPS) is 13.3. The first-order chi connectivity index (χ1) is 7.99. The number of hydrogen-bond donors (Lipinski definition) is 1. The third-order valence-electron chi connectivity index (χ3n) is 3.28. The summed E-state index contributed by atoms with van der Waals surface area (Å²) in [4.78, 5) is 2.41. The molecule has 1 N–H and O–H groups in total. The minimum atomic E-state index is 0.342. The van der Waals surface area contributed by atoms with Crippen LogP contribution in [0.3, 0.4) is 0 Å². The number of likely N-dealkylation sites (N-methyl/N-ethyl adjacent to an activating group) is 1. The van der Waals surface area contributed by atoms with E-state index in [1.165, 1.54) is 12.0 Å². The van der Waals surface area contributed by atoms with Gasteiger partial charge in [-0.2, -0.15) is 0 Å². The minimum absolute atomic E-state index is 0.342. The summed E-state index contributed by atoms with van der Waals surface area (Å²) in [5.41, 5.74) is 1.28. The van der Waals surface area contributed by atoms with Crippen molar-refractivity contribution in [3.05, 3.63) is 29.8 Å². The quantitative estimate of drug-likeness (QED) is 0.817. The van der Waals surface area contributed by atoms with Crippen LogP contribution in [0.1, 0.15) is 32.8 Å². The molecule has 2 heteroatoms. The molecule has 0 radical (unpaired) electrons. The average molecular weight is 235 g/mol. The molecule has 0 spiro atoms. The van der Waals surface area contributed by atoms with Crippen molar-refractivity contribution in [2.75, 3.05) is 13.6 Å². The third kappa shape index (κ3) is 5.22. The lowest BCUT2D eigenvalue weighted by Crippen LogP contribution is -2.32. The Morgan fingerprint density at radius 1 is 1.12 bits per heavy atom. The molecule has 96 valence electrons. The van der Waals surface area contributed by atoms with Crippen LogP contribution in [0.15, 0.2) is 24.3 Å². The fourth-order valence-corrected chi connectivity index (χ4v) is 1.81. The van der Waals surface area contributed by atoms with Crippen molar-refractivity contribution < 1.29 is 5.11 Å². The van der Waals surface area contributed by atoms with Crippen LogP contribution in [0.2, 0.25) is 0 Å². The van der Waals surface area contributed by atoms with E-state index in [2.05, 4.69) is 32.7 Å². The molecule has 0 saturated carbocycles. The summed E-state index contributed by atoms with van der Waals surface area (Å²) in [5, 5.41) is 9.23. The van der Waals surface area contributed by atoms with Gasteiger partial charge in [0.1, 0.15) is 5.75 Å². The highest BCUT2D eigenvalue weighted by molar-refractivity contribution is 5.26. The third-order valence-corrected chi connectivity index (χ3v) is 3.28. The molecule has 0 aliphatic rings. The van der Waals surface area contributed by atoms with Gasteiger partial charge in [-0.3, -0.25) is 0 Å². The number of aromatic hydroxyl groups is 1. The maximum absolute atomic E-state index is 9.23. The van der Waals surface area contributed by atoms with Crippen molar-refractivity contribution in [2.45, 2.75) is 39.7 Å². The van der Waals surface area contributed by atoms with Gasteiger partial charge in [-0.25, -0.2) is 0 Å². The number of rotatable bonds is 6. The molecule has 1 unspecified atom stereocenters. The molecule has 0 heterocycles. The Bertz CT molecular complexity index is 318. The van der Waals surface area contributed by atoms with Crippen molar-refractivity contribution in [1.82, 2.24) is 4.90 Å². The lowest BCUT2D eigenvalue weighted by Gasteiger charge is -2.25. The fraction of sp³-hybridized carbons (Fsp3) is 0.600. The van der Waals surface area contributed by atoms with Crippen LogP contribution in [-0.2, 0) is 6.42 Å². The fourth-order valence-electron chi connectivity index (χ4n) is 1.81. The predicted octanol–water partition coefficient (Wildman–Crippen LogP) is 3.30. The van der Waals surface area contributed by atoms with Crippen molar-refractivity contribution >= 4 is 0 Å². The van der Waals surface area contributed by atoms with Gasteiger partial charge in [0.15, 0.2) is 0 Å². The molecule has 17 heavy (non-hydrogen) atoms. The van der Waals surface area contributed by atoms with E-state index in [4.69, 9.17) is 0 Å². The SMILES string of the molecule is CC(C)CCN(C)C(C)Cc1ccc(O)cc1. The van der Waals surface area contributed by atoms with Crippen LogP contribution in [-0.4, -0.2) is 29.6 Å². The maximum atomic E-state index is 9.23. The summed E-state index contributed by atoms with van der Waals surface area (Å²) in [6, 6.07) is 8.06. The van der Waals surface area contributed by atoms with Gasteiger partial charge in [0.25, 0.3) is 0 Å². The number of phenolic OH excluding ortho intramolecular Hbond substituents is 1. The molecular weight excluding hydrogens is 210 g/mol. The highest BCUT2D eigenvalue weighted by atomic mass is 16.3. The van der Waals surface area contributed by atoms with Crippen molar-refractivity contribution in [3.8, 4) is 5.75 Å². The Balaban J connectivity index is 2.42. The molecule has 0 fully saturated rings. The zero-order valence-electron chi connectivity index (χ0n) is 11.5. The lowest BCUT2D eigenvalue weighted by molar-refractivity contribution is 0.242. The second kappa shape index (κ2) is 6.65. The van der Waals surface area contributed by atoms with Gasteiger partial charge in [0, 0.05) is 6.04 Å². The Morgan fingerprint density at radius 2 is 1.71 bits per heavy atom. The van der Waals surface area contributed by atoms with Crippen molar-refractivity contribution in [2.24, 2.45) is 5.92 Å². The first-order valence-electron chi connectivity index (χ1n) is 6.47. The van der Waals surface area contributed by atoms with Gasteiger partial charge in [0.05, 0.1) is 0 Å². The number of benzene rings is 1. The van der Waals surface area contributed by atoms with Crippen LogP contribution in [0.25, 0.3) is 0 Å². The van der Waals surface area contributed by atoms with Crippen LogP contribution >= 0.6 is 0 Å². The summed E-state index contributed by atoms with van der Waals surface area (Å²) in [6.45, 7) is 7.93. The molecule has 0 saturated heterocycles. The number of nitrogens with zero attached hydrogens (tertiary/aromatic N) is 1. The first kappa shape index (κ1) is 14.0. The van der Waals surface area contributed by atoms with Crippen molar-refractivity contribution in [3.63, 3.8) is 0 Å². The Morgan fingerprint density at radius 3 is 2.24 bits per heavy atom. The minimum Gasteiger partial charge on any atom is -0.508 e. The Hall–Kier alpha value is -1.02. The van der Waals surface area contributed by atoms with Crippen LogP contribution in [0, 0.1) is 5.92 Å². The summed E-state index contributed by atoms with van der Waals surface area (Å²) < 4.78 is 0. The molecule has 2 nitrogen and oxygen atoms in total. The monoisotopic (exact) mass is 235 g/mol. The summed E-state index contributed by atoms with van der Waals surface area (Å²) in [7, 11) is 2.19. The topological polar surface area (TPSA) is 23.5 Å². The second-order valence-corrected chi connectivity index (χ2v) is 5.38. The van der Waals surface area contributed by atoms with E-state index in [-0.39, 0.29) is 0 Å². The molecule has 0 amide bonds. The van der Waals surface area contributed by atoms with E-state index in [9.17, 15) is 5.11 Å². The molecule has 0 bridgehead atoms. The molecule has 0 aliphatic carbocycles. The van der Waals surface area contributed by atoms with Crippen LogP contribution < -0.4 is 0 Å². The largest absolute Gasteiger partial charge is 0.508 e. The highest BCUT2D eigenvalue weighted by Gasteiger charge is 2.10. The molecule has 1 atom stereocenters. The van der Waals surface area contributed by atoms with E-state index in [0.29, 0.717) is 11.8 Å². The molecule has 1 aromatic carbocycles. The van der Waals surface area contributed by atoms with Gasteiger partial charge in [-0.1, -0.05) is 26.0 Å².